The third-order valence-corrected chi connectivity index (χ3v) is 3.61. The zero-order chi connectivity index (χ0) is 13.7. The van der Waals surface area contributed by atoms with Crippen LogP contribution >= 0.6 is 92.8 Å². The lowest BCUT2D eigenvalue weighted by Gasteiger charge is -2.17. The van der Waals surface area contributed by atoms with Gasteiger partial charge in [0.05, 0.1) is 0 Å². The molecule has 8 heteroatoms. The van der Waals surface area contributed by atoms with E-state index in [-0.39, 0.29) is 10.8 Å². The Bertz CT molecular complexity index is 184. The van der Waals surface area contributed by atoms with Crippen LogP contribution in [0.1, 0.15) is 32.1 Å². The van der Waals surface area contributed by atoms with Crippen LogP contribution in [0.5, 0.6) is 0 Å². The lowest BCUT2D eigenvalue weighted by molar-refractivity contribution is 0.595. The van der Waals surface area contributed by atoms with E-state index < -0.39 is 7.59 Å². The van der Waals surface area contributed by atoms with Gasteiger partial charge in [-0.05, 0) is 12.8 Å². The van der Waals surface area contributed by atoms with E-state index >= 15 is 0 Å². The van der Waals surface area contributed by atoms with Gasteiger partial charge in [0, 0.05) is 23.6 Å². The van der Waals surface area contributed by atoms with E-state index in [2.05, 4.69) is 0 Å². The molecule has 0 spiro atoms. The Kier molecular flexibility index (Phi) is 9.74. The quantitative estimate of drug-likeness (QED) is 0.423. The highest BCUT2D eigenvalue weighted by Gasteiger charge is 2.26. The van der Waals surface area contributed by atoms with Gasteiger partial charge >= 0.3 is 0 Å². The van der Waals surface area contributed by atoms with Crippen molar-refractivity contribution in [2.45, 2.75) is 50.4 Å². The second-order valence-corrected chi connectivity index (χ2v) is 10.0. The SMILES string of the molecule is ClC(CCCC(Cl)CC(Cl)(Cl)Cl)CC(Cl)(Cl)Cl. The molecule has 0 nitrogen and oxygen atoms in total. The first-order valence-electron chi connectivity index (χ1n) is 4.91. The number of rotatable bonds is 6. The summed E-state index contributed by atoms with van der Waals surface area (Å²) in [5.74, 6) is 0. The highest BCUT2D eigenvalue weighted by Crippen LogP contribution is 2.36. The van der Waals surface area contributed by atoms with Crippen LogP contribution in [0.25, 0.3) is 0 Å². The molecule has 2 atom stereocenters. The van der Waals surface area contributed by atoms with Gasteiger partial charge in [-0.2, -0.15) is 0 Å². The first kappa shape index (κ1) is 19.3. The molecule has 0 N–H and O–H groups in total. The third kappa shape index (κ3) is 14.5. The van der Waals surface area contributed by atoms with E-state index in [1.165, 1.54) is 0 Å². The second-order valence-electron chi connectivity index (χ2n) is 3.76. The van der Waals surface area contributed by atoms with Crippen LogP contribution in [0.2, 0.25) is 0 Å². The second kappa shape index (κ2) is 8.57. The molecule has 0 saturated carbocycles. The molecule has 0 heterocycles. The predicted molar refractivity (Wildman–Crippen MR) is 82.9 cm³/mol. The van der Waals surface area contributed by atoms with Crippen molar-refractivity contribution in [1.82, 2.24) is 0 Å². The van der Waals surface area contributed by atoms with Gasteiger partial charge in [-0.1, -0.05) is 76.0 Å². The van der Waals surface area contributed by atoms with Crippen LogP contribution in [-0.4, -0.2) is 18.3 Å². The fraction of sp³-hybridized carbons (Fsp3) is 1.00. The summed E-state index contributed by atoms with van der Waals surface area (Å²) in [6.07, 6.45) is 2.81. The molecule has 0 radical (unpaired) electrons. The van der Waals surface area contributed by atoms with Crippen molar-refractivity contribution >= 4 is 92.8 Å². The molecule has 17 heavy (non-hydrogen) atoms. The molecule has 0 aliphatic heterocycles. The van der Waals surface area contributed by atoms with E-state index in [9.17, 15) is 0 Å². The summed E-state index contributed by atoms with van der Waals surface area (Å²) in [5.41, 5.74) is 0. The van der Waals surface area contributed by atoms with Crippen molar-refractivity contribution in [1.29, 1.82) is 0 Å². The van der Waals surface area contributed by atoms with Gasteiger partial charge in [-0.25, -0.2) is 0 Å². The average Bonchev–Trinajstić information content (AvgIpc) is 1.95. The maximum atomic E-state index is 6.01. The first-order valence-corrected chi connectivity index (χ1v) is 8.05. The van der Waals surface area contributed by atoms with Gasteiger partial charge in [0.15, 0.2) is 7.59 Å². The Morgan fingerprint density at radius 1 is 0.647 bits per heavy atom. The van der Waals surface area contributed by atoms with Crippen LogP contribution in [0.3, 0.4) is 0 Å². The summed E-state index contributed by atoms with van der Waals surface area (Å²) in [4.78, 5) is 0. The first-order chi connectivity index (χ1) is 7.49. The van der Waals surface area contributed by atoms with Crippen LogP contribution in [-0.2, 0) is 0 Å². The fourth-order valence-electron chi connectivity index (χ4n) is 1.27. The Morgan fingerprint density at radius 3 is 1.18 bits per heavy atom. The van der Waals surface area contributed by atoms with Crippen molar-refractivity contribution in [3.05, 3.63) is 0 Å². The van der Waals surface area contributed by atoms with Crippen molar-refractivity contribution < 1.29 is 0 Å². The van der Waals surface area contributed by atoms with Gasteiger partial charge in [0.1, 0.15) is 0 Å². The van der Waals surface area contributed by atoms with Crippen molar-refractivity contribution in [3.63, 3.8) is 0 Å². The van der Waals surface area contributed by atoms with Gasteiger partial charge in [-0.3, -0.25) is 0 Å². The summed E-state index contributed by atoms with van der Waals surface area (Å²) in [7, 11) is 0. The van der Waals surface area contributed by atoms with E-state index in [1.807, 2.05) is 0 Å². The minimum absolute atomic E-state index is 0.195. The van der Waals surface area contributed by atoms with Crippen molar-refractivity contribution in [2.75, 3.05) is 0 Å². The van der Waals surface area contributed by atoms with E-state index in [0.29, 0.717) is 25.7 Å². The zero-order valence-corrected chi connectivity index (χ0v) is 14.8. The Hall–Kier alpha value is 2.32. The molecule has 0 fully saturated rings. The number of hydrogen-bond acceptors (Lipinski definition) is 0. The molecule has 2 unspecified atom stereocenters. The molecule has 0 bridgehead atoms. The van der Waals surface area contributed by atoms with Gasteiger partial charge < -0.3 is 0 Å². The van der Waals surface area contributed by atoms with Crippen LogP contribution < -0.4 is 0 Å². The minimum Gasteiger partial charge on any atom is -0.123 e. The van der Waals surface area contributed by atoms with Crippen LogP contribution in [0, 0.1) is 0 Å². The highest BCUT2D eigenvalue weighted by atomic mass is 35.6. The Labute approximate surface area is 142 Å². The average molecular weight is 404 g/mol. The maximum Gasteiger partial charge on any atom is 0.192 e. The van der Waals surface area contributed by atoms with Crippen molar-refractivity contribution in [2.24, 2.45) is 0 Å². The van der Waals surface area contributed by atoms with Gasteiger partial charge in [0.25, 0.3) is 0 Å². The topological polar surface area (TPSA) is 0 Å². The fourth-order valence-corrected chi connectivity index (χ4v) is 3.63. The normalized spacial score (nSPS) is 16.9. The van der Waals surface area contributed by atoms with Gasteiger partial charge in [-0.15, -0.1) is 23.2 Å². The zero-order valence-electron chi connectivity index (χ0n) is 8.71. The Morgan fingerprint density at radius 2 is 0.941 bits per heavy atom. The summed E-state index contributed by atoms with van der Waals surface area (Å²) >= 11 is 45.8. The van der Waals surface area contributed by atoms with Crippen molar-refractivity contribution in [3.8, 4) is 0 Å². The molecule has 104 valence electrons. The number of alkyl halides is 8. The summed E-state index contributed by atoms with van der Waals surface area (Å²) in [6.45, 7) is 0. The summed E-state index contributed by atoms with van der Waals surface area (Å²) in [5, 5.41) is -0.391. The molecule has 0 aromatic carbocycles. The smallest absolute Gasteiger partial charge is 0.123 e. The summed E-state index contributed by atoms with van der Waals surface area (Å²) in [6, 6.07) is 0. The van der Waals surface area contributed by atoms with Crippen LogP contribution in [0.4, 0.5) is 0 Å². The lowest BCUT2D eigenvalue weighted by atomic mass is 10.1. The Balaban J connectivity index is 3.70. The van der Waals surface area contributed by atoms with Gasteiger partial charge in [0.2, 0.25) is 0 Å². The van der Waals surface area contributed by atoms with E-state index in [0.717, 1.165) is 6.42 Å². The number of hydrogen-bond donors (Lipinski definition) is 0. The highest BCUT2D eigenvalue weighted by molar-refractivity contribution is 6.68. The third-order valence-electron chi connectivity index (χ3n) is 1.94. The number of halogens is 8. The molecule has 0 saturated heterocycles. The molecule has 0 amide bonds. The lowest BCUT2D eigenvalue weighted by Crippen LogP contribution is -2.14. The van der Waals surface area contributed by atoms with E-state index in [4.69, 9.17) is 92.8 Å². The molecule has 0 aliphatic carbocycles. The monoisotopic (exact) mass is 400 g/mol. The molecular formula is C9H12Cl8. The maximum absolute atomic E-state index is 6.01. The molecule has 0 rings (SSSR count). The summed E-state index contributed by atoms with van der Waals surface area (Å²) < 4.78 is -2.63. The standard InChI is InChI=1S/C9H12Cl8/c10-6(4-8(12,13)14)2-1-3-7(11)5-9(15,16)17/h6-7H,1-5H2. The van der Waals surface area contributed by atoms with E-state index in [1.54, 1.807) is 0 Å². The minimum atomic E-state index is -1.32. The molecule has 0 aliphatic rings. The molecular weight excluding hydrogens is 392 g/mol. The van der Waals surface area contributed by atoms with Crippen LogP contribution in [0.15, 0.2) is 0 Å². The molecule has 0 aromatic rings. The largest absolute Gasteiger partial charge is 0.192 e. The predicted octanol–water partition coefficient (Wildman–Crippen LogP) is 6.89. The molecule has 0 aromatic heterocycles.